The highest BCUT2D eigenvalue weighted by Crippen LogP contribution is 2.17. The molecule has 1 amide bonds. The van der Waals surface area contributed by atoms with E-state index in [9.17, 15) is 4.79 Å². The average molecular weight is 256 g/mol. The van der Waals surface area contributed by atoms with Gasteiger partial charge in [0.2, 0.25) is 5.91 Å². The zero-order valence-corrected chi connectivity index (χ0v) is 11.2. The lowest BCUT2D eigenvalue weighted by molar-refractivity contribution is -0.120. The Bertz CT molecular complexity index is 353. The molecular weight excluding hydrogens is 236 g/mol. The van der Waals surface area contributed by atoms with Gasteiger partial charge < -0.3 is 11.1 Å². The van der Waals surface area contributed by atoms with Crippen LogP contribution in [0.15, 0.2) is 17.3 Å². The van der Waals surface area contributed by atoms with Gasteiger partial charge in [-0.2, -0.15) is 5.10 Å². The van der Waals surface area contributed by atoms with Gasteiger partial charge in [0.05, 0.1) is 12.2 Å². The number of primary amides is 1. The van der Waals surface area contributed by atoms with Crippen molar-refractivity contribution in [1.29, 1.82) is 0 Å². The second-order valence-corrected chi connectivity index (χ2v) is 5.06. The molecule has 0 aliphatic heterocycles. The quantitative estimate of drug-likeness (QED) is 0.673. The molecule has 0 fully saturated rings. The molecule has 0 saturated carbocycles. The summed E-state index contributed by atoms with van der Waals surface area (Å²) in [6.07, 6.45) is 5.53. The molecule has 0 radical (unpaired) electrons. The number of rotatable bonds is 8. The Morgan fingerprint density at radius 3 is 3.00 bits per heavy atom. The van der Waals surface area contributed by atoms with Crippen LogP contribution in [-0.2, 0) is 11.8 Å². The number of hydrogen-bond donors (Lipinski definition) is 2. The molecule has 1 rings (SSSR count). The molecule has 96 valence electrons. The molecule has 0 aliphatic carbocycles. The predicted molar refractivity (Wildman–Crippen MR) is 69.8 cm³/mol. The summed E-state index contributed by atoms with van der Waals surface area (Å²) in [6, 6.07) is -0.223. The van der Waals surface area contributed by atoms with Gasteiger partial charge in [0, 0.05) is 23.9 Å². The molecule has 0 aliphatic rings. The van der Waals surface area contributed by atoms with Crippen molar-refractivity contribution in [2.75, 3.05) is 12.3 Å². The number of nitrogens with one attached hydrogen (secondary N) is 1. The van der Waals surface area contributed by atoms with Crippen LogP contribution in [0.3, 0.4) is 0 Å². The third-order valence-electron chi connectivity index (χ3n) is 2.34. The number of thioether (sulfide) groups is 1. The number of carbonyl (C=O) groups is 1. The van der Waals surface area contributed by atoms with E-state index in [4.69, 9.17) is 5.73 Å². The van der Waals surface area contributed by atoms with E-state index in [-0.39, 0.29) is 11.9 Å². The van der Waals surface area contributed by atoms with Crippen molar-refractivity contribution >= 4 is 17.7 Å². The highest BCUT2D eigenvalue weighted by molar-refractivity contribution is 7.99. The maximum absolute atomic E-state index is 11.2. The number of nitrogens with zero attached hydrogens (tertiary/aromatic N) is 2. The Labute approximate surface area is 106 Å². The van der Waals surface area contributed by atoms with E-state index < -0.39 is 0 Å². The molecule has 3 N–H and O–H groups in total. The Morgan fingerprint density at radius 2 is 2.47 bits per heavy atom. The smallest absolute Gasteiger partial charge is 0.234 e. The van der Waals surface area contributed by atoms with E-state index in [1.807, 2.05) is 19.4 Å². The molecule has 0 bridgehead atoms. The lowest BCUT2D eigenvalue weighted by Gasteiger charge is -2.13. The zero-order valence-electron chi connectivity index (χ0n) is 10.3. The summed E-state index contributed by atoms with van der Waals surface area (Å²) < 4.78 is 1.77. The number of aromatic nitrogens is 2. The minimum Gasteiger partial charge on any atom is -0.368 e. The summed E-state index contributed by atoms with van der Waals surface area (Å²) in [5.74, 6) is 0.584. The second-order valence-electron chi connectivity index (χ2n) is 3.90. The lowest BCUT2D eigenvalue weighted by Crippen LogP contribution is -2.41. The molecule has 0 aromatic carbocycles. The molecule has 5 nitrogen and oxygen atoms in total. The van der Waals surface area contributed by atoms with Crippen LogP contribution in [0.1, 0.15) is 19.8 Å². The topological polar surface area (TPSA) is 72.9 Å². The molecule has 1 aromatic heterocycles. The van der Waals surface area contributed by atoms with E-state index in [1.54, 1.807) is 16.4 Å². The minimum absolute atomic E-state index is 0.223. The normalized spacial score (nSPS) is 12.6. The van der Waals surface area contributed by atoms with E-state index in [2.05, 4.69) is 17.3 Å². The van der Waals surface area contributed by atoms with Crippen molar-refractivity contribution in [3.63, 3.8) is 0 Å². The Hall–Kier alpha value is -1.01. The largest absolute Gasteiger partial charge is 0.368 e. The summed E-state index contributed by atoms with van der Waals surface area (Å²) >= 11 is 1.69. The minimum atomic E-state index is -0.273. The van der Waals surface area contributed by atoms with Crippen LogP contribution in [-0.4, -0.2) is 34.0 Å². The second kappa shape index (κ2) is 7.34. The van der Waals surface area contributed by atoms with Crippen molar-refractivity contribution in [3.8, 4) is 0 Å². The van der Waals surface area contributed by atoms with Gasteiger partial charge in [0.25, 0.3) is 0 Å². The molecule has 0 saturated heterocycles. The molecule has 17 heavy (non-hydrogen) atoms. The SMILES string of the molecule is CCCNC(CCSc1cnn(C)c1)C(N)=O. The highest BCUT2D eigenvalue weighted by Gasteiger charge is 2.13. The summed E-state index contributed by atoms with van der Waals surface area (Å²) in [6.45, 7) is 2.89. The Kier molecular flexibility index (Phi) is 6.07. The van der Waals surface area contributed by atoms with Crippen LogP contribution in [0.4, 0.5) is 0 Å². The van der Waals surface area contributed by atoms with Gasteiger partial charge in [-0.15, -0.1) is 11.8 Å². The number of hydrogen-bond acceptors (Lipinski definition) is 4. The predicted octanol–water partition coefficient (Wildman–Crippen LogP) is 0.756. The van der Waals surface area contributed by atoms with Crippen molar-refractivity contribution in [2.24, 2.45) is 12.8 Å². The van der Waals surface area contributed by atoms with Crippen LogP contribution >= 0.6 is 11.8 Å². The monoisotopic (exact) mass is 256 g/mol. The van der Waals surface area contributed by atoms with Crippen molar-refractivity contribution in [3.05, 3.63) is 12.4 Å². The van der Waals surface area contributed by atoms with Crippen LogP contribution in [0.25, 0.3) is 0 Å². The molecule has 0 spiro atoms. The molecule has 1 aromatic rings. The number of carbonyl (C=O) groups excluding carboxylic acids is 1. The highest BCUT2D eigenvalue weighted by atomic mass is 32.2. The van der Waals surface area contributed by atoms with E-state index in [1.165, 1.54) is 0 Å². The summed E-state index contributed by atoms with van der Waals surface area (Å²) in [5.41, 5.74) is 5.33. The number of aryl methyl sites for hydroxylation is 1. The van der Waals surface area contributed by atoms with E-state index in [0.717, 1.165) is 30.0 Å². The summed E-state index contributed by atoms with van der Waals surface area (Å²) in [5, 5.41) is 7.24. The van der Waals surface area contributed by atoms with Crippen molar-refractivity contribution in [1.82, 2.24) is 15.1 Å². The fraction of sp³-hybridized carbons (Fsp3) is 0.636. The first-order chi connectivity index (χ1) is 8.13. The summed E-state index contributed by atoms with van der Waals surface area (Å²) in [4.78, 5) is 12.3. The van der Waals surface area contributed by atoms with Gasteiger partial charge in [0.15, 0.2) is 0 Å². The van der Waals surface area contributed by atoms with Gasteiger partial charge in [-0.05, 0) is 19.4 Å². The number of amides is 1. The first-order valence-electron chi connectivity index (χ1n) is 5.77. The maximum atomic E-state index is 11.2. The van der Waals surface area contributed by atoms with Gasteiger partial charge in [-0.3, -0.25) is 9.48 Å². The van der Waals surface area contributed by atoms with Crippen LogP contribution < -0.4 is 11.1 Å². The fourth-order valence-corrected chi connectivity index (χ4v) is 2.37. The molecular formula is C11H20N4OS. The molecule has 1 unspecified atom stereocenters. The van der Waals surface area contributed by atoms with Crippen LogP contribution in [0.2, 0.25) is 0 Å². The standard InChI is InChI=1S/C11H20N4OS/c1-3-5-13-10(11(12)16)4-6-17-9-7-14-15(2)8-9/h7-8,10,13H,3-6H2,1-2H3,(H2,12,16). The lowest BCUT2D eigenvalue weighted by atomic mass is 10.2. The van der Waals surface area contributed by atoms with Gasteiger partial charge in [0.1, 0.15) is 0 Å². The third-order valence-corrected chi connectivity index (χ3v) is 3.32. The zero-order chi connectivity index (χ0) is 12.7. The van der Waals surface area contributed by atoms with Crippen LogP contribution in [0.5, 0.6) is 0 Å². The van der Waals surface area contributed by atoms with Gasteiger partial charge in [-0.1, -0.05) is 6.92 Å². The van der Waals surface area contributed by atoms with E-state index in [0.29, 0.717) is 0 Å². The molecule has 6 heteroatoms. The van der Waals surface area contributed by atoms with Gasteiger partial charge >= 0.3 is 0 Å². The number of nitrogens with two attached hydrogens (primary N) is 1. The maximum Gasteiger partial charge on any atom is 0.234 e. The first kappa shape index (κ1) is 14.1. The Balaban J connectivity index is 2.29. The molecule has 1 heterocycles. The summed E-state index contributed by atoms with van der Waals surface area (Å²) in [7, 11) is 1.89. The fourth-order valence-electron chi connectivity index (χ4n) is 1.43. The Morgan fingerprint density at radius 1 is 1.71 bits per heavy atom. The first-order valence-corrected chi connectivity index (χ1v) is 6.76. The molecule has 1 atom stereocenters. The van der Waals surface area contributed by atoms with Gasteiger partial charge in [-0.25, -0.2) is 0 Å². The van der Waals surface area contributed by atoms with Crippen LogP contribution in [0, 0.1) is 0 Å². The average Bonchev–Trinajstić information content (AvgIpc) is 2.68. The third kappa shape index (κ3) is 5.23. The van der Waals surface area contributed by atoms with Crippen molar-refractivity contribution in [2.45, 2.75) is 30.7 Å². The van der Waals surface area contributed by atoms with E-state index >= 15 is 0 Å². The van der Waals surface area contributed by atoms with Crippen molar-refractivity contribution < 1.29 is 4.79 Å².